The van der Waals surface area contributed by atoms with Crippen LogP contribution in [-0.2, 0) is 0 Å². The molecular formula is C18H19NO3. The number of fused-ring (bicyclic) bond motifs is 1. The van der Waals surface area contributed by atoms with Gasteiger partial charge in [0, 0.05) is 17.7 Å². The maximum atomic E-state index is 12.4. The Morgan fingerprint density at radius 2 is 1.64 bits per heavy atom. The number of hydrogen-bond acceptors (Lipinski definition) is 3. The third kappa shape index (κ3) is 3.22. The van der Waals surface area contributed by atoms with Gasteiger partial charge in [0.2, 0.25) is 0 Å². The minimum atomic E-state index is -0.152. The quantitative estimate of drug-likeness (QED) is 0.919. The van der Waals surface area contributed by atoms with Crippen molar-refractivity contribution in [3.8, 4) is 11.5 Å². The molecule has 0 saturated heterocycles. The first kappa shape index (κ1) is 14.4. The Labute approximate surface area is 130 Å². The fourth-order valence-electron chi connectivity index (χ4n) is 2.55. The van der Waals surface area contributed by atoms with Crippen molar-refractivity contribution in [3.05, 3.63) is 53.1 Å². The fourth-order valence-corrected chi connectivity index (χ4v) is 2.55. The van der Waals surface area contributed by atoms with Gasteiger partial charge in [-0.25, -0.2) is 0 Å². The van der Waals surface area contributed by atoms with Crippen LogP contribution in [0.5, 0.6) is 11.5 Å². The Hall–Kier alpha value is -2.49. The molecule has 0 unspecified atom stereocenters. The molecule has 1 aliphatic heterocycles. The van der Waals surface area contributed by atoms with Crippen molar-refractivity contribution in [2.75, 3.05) is 18.5 Å². The van der Waals surface area contributed by atoms with Gasteiger partial charge < -0.3 is 14.8 Å². The highest BCUT2D eigenvalue weighted by molar-refractivity contribution is 6.04. The number of nitrogens with one attached hydrogen (secondary N) is 1. The molecule has 2 aromatic carbocycles. The van der Waals surface area contributed by atoms with E-state index in [1.54, 1.807) is 18.2 Å². The first-order valence-electron chi connectivity index (χ1n) is 7.41. The summed E-state index contributed by atoms with van der Waals surface area (Å²) >= 11 is 0. The predicted octanol–water partition coefficient (Wildman–Crippen LogP) is 3.72. The lowest BCUT2D eigenvalue weighted by Gasteiger charge is -2.10. The molecule has 0 fully saturated rings. The van der Waals surface area contributed by atoms with Gasteiger partial charge in [0.25, 0.3) is 5.91 Å². The molecule has 2 aromatic rings. The number of aryl methyl sites for hydroxylation is 2. The van der Waals surface area contributed by atoms with E-state index in [9.17, 15) is 4.79 Å². The van der Waals surface area contributed by atoms with Gasteiger partial charge in [0.15, 0.2) is 11.5 Å². The van der Waals surface area contributed by atoms with Crippen LogP contribution in [0.3, 0.4) is 0 Å². The molecule has 22 heavy (non-hydrogen) atoms. The summed E-state index contributed by atoms with van der Waals surface area (Å²) in [5.74, 6) is 1.17. The predicted molar refractivity (Wildman–Crippen MR) is 85.9 cm³/mol. The second-order valence-electron chi connectivity index (χ2n) is 5.54. The van der Waals surface area contributed by atoms with Gasteiger partial charge in [-0.2, -0.15) is 0 Å². The Bertz CT molecular complexity index is 689. The van der Waals surface area contributed by atoms with E-state index in [4.69, 9.17) is 9.47 Å². The van der Waals surface area contributed by atoms with Gasteiger partial charge in [0.1, 0.15) is 0 Å². The number of hydrogen-bond donors (Lipinski definition) is 1. The zero-order chi connectivity index (χ0) is 15.5. The topological polar surface area (TPSA) is 47.6 Å². The Kier molecular flexibility index (Phi) is 4.00. The summed E-state index contributed by atoms with van der Waals surface area (Å²) in [6.45, 7) is 5.27. The first-order valence-corrected chi connectivity index (χ1v) is 7.41. The maximum absolute atomic E-state index is 12.4. The number of carbonyl (C=O) groups excluding carboxylic acids is 1. The monoisotopic (exact) mass is 297 g/mol. The lowest BCUT2D eigenvalue weighted by molar-refractivity contribution is 0.102. The zero-order valence-corrected chi connectivity index (χ0v) is 12.8. The molecule has 1 amide bonds. The summed E-state index contributed by atoms with van der Waals surface area (Å²) in [6, 6.07) is 11.3. The second-order valence-corrected chi connectivity index (χ2v) is 5.54. The van der Waals surface area contributed by atoms with Crippen molar-refractivity contribution in [1.82, 2.24) is 0 Å². The van der Waals surface area contributed by atoms with Crippen LogP contribution in [0.2, 0.25) is 0 Å². The lowest BCUT2D eigenvalue weighted by atomic mass is 10.1. The number of anilines is 1. The van der Waals surface area contributed by atoms with E-state index in [2.05, 4.69) is 11.4 Å². The molecule has 0 bridgehead atoms. The van der Waals surface area contributed by atoms with Crippen molar-refractivity contribution in [1.29, 1.82) is 0 Å². The molecule has 3 rings (SSSR count). The van der Waals surface area contributed by atoms with E-state index < -0.39 is 0 Å². The molecule has 0 saturated carbocycles. The maximum Gasteiger partial charge on any atom is 0.255 e. The molecule has 0 aromatic heterocycles. The molecular weight excluding hydrogens is 278 g/mol. The largest absolute Gasteiger partial charge is 0.490 e. The summed E-state index contributed by atoms with van der Waals surface area (Å²) in [5.41, 5.74) is 3.60. The summed E-state index contributed by atoms with van der Waals surface area (Å²) in [4.78, 5) is 12.4. The van der Waals surface area contributed by atoms with Gasteiger partial charge in [-0.15, -0.1) is 0 Å². The summed E-state index contributed by atoms with van der Waals surface area (Å²) in [5, 5.41) is 2.93. The van der Waals surface area contributed by atoms with Gasteiger partial charge in [-0.1, -0.05) is 6.07 Å². The van der Waals surface area contributed by atoms with Gasteiger partial charge in [-0.05, 0) is 55.3 Å². The Morgan fingerprint density at radius 3 is 2.36 bits per heavy atom. The minimum absolute atomic E-state index is 0.152. The zero-order valence-electron chi connectivity index (χ0n) is 12.8. The van der Waals surface area contributed by atoms with Gasteiger partial charge in [0.05, 0.1) is 13.2 Å². The molecule has 0 aliphatic carbocycles. The average molecular weight is 297 g/mol. The van der Waals surface area contributed by atoms with Crippen molar-refractivity contribution in [3.63, 3.8) is 0 Å². The molecule has 0 spiro atoms. The van der Waals surface area contributed by atoms with E-state index in [1.165, 1.54) is 0 Å². The summed E-state index contributed by atoms with van der Waals surface area (Å²) < 4.78 is 11.2. The van der Waals surface area contributed by atoms with Crippen molar-refractivity contribution < 1.29 is 14.3 Å². The SMILES string of the molecule is Cc1cc(C)cc(NC(=O)c2ccc3c(c2)OCCCO3)c1. The van der Waals surface area contributed by atoms with Crippen molar-refractivity contribution in [2.24, 2.45) is 0 Å². The van der Waals surface area contributed by atoms with Gasteiger partial charge in [-0.3, -0.25) is 4.79 Å². The fraction of sp³-hybridized carbons (Fsp3) is 0.278. The Balaban J connectivity index is 1.81. The van der Waals surface area contributed by atoms with E-state index in [-0.39, 0.29) is 5.91 Å². The number of amides is 1. The molecule has 0 radical (unpaired) electrons. The lowest BCUT2D eigenvalue weighted by Crippen LogP contribution is -2.12. The highest BCUT2D eigenvalue weighted by Gasteiger charge is 2.14. The van der Waals surface area contributed by atoms with Crippen LogP contribution >= 0.6 is 0 Å². The third-order valence-electron chi connectivity index (χ3n) is 3.49. The minimum Gasteiger partial charge on any atom is -0.490 e. The highest BCUT2D eigenvalue weighted by Crippen LogP contribution is 2.30. The van der Waals surface area contributed by atoms with E-state index in [0.717, 1.165) is 23.2 Å². The van der Waals surface area contributed by atoms with Crippen LogP contribution in [-0.4, -0.2) is 19.1 Å². The van der Waals surface area contributed by atoms with Crippen LogP contribution in [0.25, 0.3) is 0 Å². The highest BCUT2D eigenvalue weighted by atomic mass is 16.5. The third-order valence-corrected chi connectivity index (χ3v) is 3.49. The number of carbonyl (C=O) groups is 1. The van der Waals surface area contributed by atoms with Crippen LogP contribution in [0.4, 0.5) is 5.69 Å². The van der Waals surface area contributed by atoms with E-state index >= 15 is 0 Å². The second kappa shape index (κ2) is 6.10. The normalized spacial score (nSPS) is 13.4. The van der Waals surface area contributed by atoms with Crippen molar-refractivity contribution >= 4 is 11.6 Å². The van der Waals surface area contributed by atoms with Crippen LogP contribution in [0, 0.1) is 13.8 Å². The first-order chi connectivity index (χ1) is 10.6. The molecule has 4 nitrogen and oxygen atoms in total. The Morgan fingerprint density at radius 1 is 0.955 bits per heavy atom. The number of ether oxygens (including phenoxy) is 2. The average Bonchev–Trinajstić information content (AvgIpc) is 2.70. The summed E-state index contributed by atoms with van der Waals surface area (Å²) in [7, 11) is 0. The van der Waals surface area contributed by atoms with Gasteiger partial charge >= 0.3 is 0 Å². The van der Waals surface area contributed by atoms with Crippen LogP contribution in [0.1, 0.15) is 27.9 Å². The van der Waals surface area contributed by atoms with Crippen molar-refractivity contribution in [2.45, 2.75) is 20.3 Å². The molecule has 1 heterocycles. The molecule has 114 valence electrons. The van der Waals surface area contributed by atoms with Crippen LogP contribution < -0.4 is 14.8 Å². The van der Waals surface area contributed by atoms with E-state index in [1.807, 2.05) is 26.0 Å². The molecule has 1 aliphatic rings. The van der Waals surface area contributed by atoms with E-state index in [0.29, 0.717) is 30.3 Å². The molecule has 1 N–H and O–H groups in total. The smallest absolute Gasteiger partial charge is 0.255 e. The number of rotatable bonds is 2. The standard InChI is InChI=1S/C18H19NO3/c1-12-8-13(2)10-15(9-12)19-18(20)14-4-5-16-17(11-14)22-7-3-6-21-16/h4-5,8-11H,3,6-7H2,1-2H3,(H,19,20). The summed E-state index contributed by atoms with van der Waals surface area (Å²) in [6.07, 6.45) is 0.846. The molecule has 0 atom stereocenters. The van der Waals surface area contributed by atoms with Crippen LogP contribution in [0.15, 0.2) is 36.4 Å². The number of benzene rings is 2. The molecule has 4 heteroatoms.